The molecule has 2 N–H and O–H groups in total. The van der Waals surface area contributed by atoms with Crippen molar-refractivity contribution in [3.63, 3.8) is 0 Å². The molecule has 0 aliphatic rings. The highest BCUT2D eigenvalue weighted by atomic mass is 32.2. The number of guanidine groups is 1. The molecule has 1 aromatic heterocycles. The smallest absolute Gasteiger partial charge is 0.191 e. The Morgan fingerprint density at radius 2 is 2.04 bits per heavy atom. The summed E-state index contributed by atoms with van der Waals surface area (Å²) >= 11 is 3.61. The predicted molar refractivity (Wildman–Crippen MR) is 106 cm³/mol. The Morgan fingerprint density at radius 1 is 1.25 bits per heavy atom. The molecule has 0 bridgehead atoms. The lowest BCUT2D eigenvalue weighted by Gasteiger charge is -2.15. The van der Waals surface area contributed by atoms with Gasteiger partial charge in [0.15, 0.2) is 5.96 Å². The SMILES string of the molecule is CCNC(=NCc1ncc(CC)s1)NCC(C)Sc1ccccc1. The summed E-state index contributed by atoms with van der Waals surface area (Å²) in [5.41, 5.74) is 0. The third-order valence-electron chi connectivity index (χ3n) is 3.30. The van der Waals surface area contributed by atoms with Crippen molar-refractivity contribution in [1.29, 1.82) is 0 Å². The van der Waals surface area contributed by atoms with Crippen molar-refractivity contribution >= 4 is 29.1 Å². The normalized spacial score (nSPS) is 12.9. The molecule has 1 heterocycles. The number of aryl methyl sites for hydroxylation is 1. The van der Waals surface area contributed by atoms with E-state index >= 15 is 0 Å². The van der Waals surface area contributed by atoms with Gasteiger partial charge < -0.3 is 10.6 Å². The van der Waals surface area contributed by atoms with Crippen LogP contribution in [0.5, 0.6) is 0 Å². The van der Waals surface area contributed by atoms with E-state index in [2.05, 4.69) is 65.6 Å². The van der Waals surface area contributed by atoms with E-state index < -0.39 is 0 Å². The molecule has 2 aromatic rings. The largest absolute Gasteiger partial charge is 0.357 e. The Labute approximate surface area is 153 Å². The Bertz CT molecular complexity index is 625. The van der Waals surface area contributed by atoms with Crippen LogP contribution in [-0.4, -0.2) is 29.3 Å². The fourth-order valence-electron chi connectivity index (χ4n) is 2.09. The average molecular weight is 363 g/mol. The Hall–Kier alpha value is -1.53. The fraction of sp³-hybridized carbons (Fsp3) is 0.444. The minimum atomic E-state index is 0.461. The number of hydrogen-bond donors (Lipinski definition) is 2. The molecule has 24 heavy (non-hydrogen) atoms. The van der Waals surface area contributed by atoms with E-state index in [1.54, 1.807) is 11.3 Å². The van der Waals surface area contributed by atoms with Gasteiger partial charge in [0.2, 0.25) is 0 Å². The maximum absolute atomic E-state index is 4.64. The van der Waals surface area contributed by atoms with Crippen molar-refractivity contribution < 1.29 is 0 Å². The summed E-state index contributed by atoms with van der Waals surface area (Å²) in [5.74, 6) is 0.853. The van der Waals surface area contributed by atoms with Crippen LogP contribution < -0.4 is 10.6 Å². The molecule has 0 amide bonds. The summed E-state index contributed by atoms with van der Waals surface area (Å²) in [7, 11) is 0. The minimum absolute atomic E-state index is 0.461. The molecule has 2 rings (SSSR count). The van der Waals surface area contributed by atoms with Crippen LogP contribution in [0.15, 0.2) is 46.4 Å². The van der Waals surface area contributed by atoms with Gasteiger partial charge in [0.05, 0.1) is 6.54 Å². The van der Waals surface area contributed by atoms with Gasteiger partial charge in [-0.3, -0.25) is 0 Å². The van der Waals surface area contributed by atoms with E-state index in [4.69, 9.17) is 0 Å². The second-order valence-corrected chi connectivity index (χ2v) is 8.10. The summed E-state index contributed by atoms with van der Waals surface area (Å²) < 4.78 is 0. The molecule has 0 aliphatic heterocycles. The van der Waals surface area contributed by atoms with E-state index in [0.29, 0.717) is 11.8 Å². The quantitative estimate of drug-likeness (QED) is 0.424. The zero-order valence-electron chi connectivity index (χ0n) is 14.6. The van der Waals surface area contributed by atoms with E-state index in [0.717, 1.165) is 30.5 Å². The van der Waals surface area contributed by atoms with Gasteiger partial charge in [0.25, 0.3) is 0 Å². The zero-order chi connectivity index (χ0) is 17.2. The van der Waals surface area contributed by atoms with Crippen LogP contribution in [0.1, 0.15) is 30.7 Å². The number of benzene rings is 1. The number of hydrogen-bond acceptors (Lipinski definition) is 4. The Balaban J connectivity index is 1.84. The molecule has 1 atom stereocenters. The van der Waals surface area contributed by atoms with E-state index in [-0.39, 0.29) is 0 Å². The lowest BCUT2D eigenvalue weighted by atomic mass is 10.4. The number of thiazole rings is 1. The van der Waals surface area contributed by atoms with E-state index in [9.17, 15) is 0 Å². The number of rotatable bonds is 8. The molecule has 0 saturated heterocycles. The van der Waals surface area contributed by atoms with Gasteiger partial charge in [-0.1, -0.05) is 32.0 Å². The second kappa shape index (κ2) is 10.4. The number of thioether (sulfide) groups is 1. The van der Waals surface area contributed by atoms with Crippen molar-refractivity contribution in [2.75, 3.05) is 13.1 Å². The maximum atomic E-state index is 4.64. The molecule has 0 radical (unpaired) electrons. The van der Waals surface area contributed by atoms with Gasteiger partial charge in [-0.15, -0.1) is 23.1 Å². The number of aromatic nitrogens is 1. The molecule has 0 aliphatic carbocycles. The van der Waals surface area contributed by atoms with Crippen LogP contribution in [0.4, 0.5) is 0 Å². The standard InChI is InChI=1S/C18H26N4S2/c1-4-15-12-20-17(24-15)13-22-18(19-5-2)21-11-14(3)23-16-9-7-6-8-10-16/h6-10,12,14H,4-5,11,13H2,1-3H3,(H2,19,21,22). The summed E-state index contributed by atoms with van der Waals surface area (Å²) in [6.45, 7) is 8.80. The molecule has 1 aromatic carbocycles. The summed E-state index contributed by atoms with van der Waals surface area (Å²) in [4.78, 5) is 11.7. The number of nitrogens with zero attached hydrogens (tertiary/aromatic N) is 2. The van der Waals surface area contributed by atoms with Crippen LogP contribution in [0, 0.1) is 0 Å². The van der Waals surface area contributed by atoms with E-state index in [1.807, 2.05) is 24.0 Å². The van der Waals surface area contributed by atoms with Crippen LogP contribution in [0.2, 0.25) is 0 Å². The zero-order valence-corrected chi connectivity index (χ0v) is 16.2. The van der Waals surface area contributed by atoms with Crippen LogP contribution in [-0.2, 0) is 13.0 Å². The first-order valence-corrected chi connectivity index (χ1v) is 10.1. The highest BCUT2D eigenvalue weighted by Gasteiger charge is 2.06. The maximum Gasteiger partial charge on any atom is 0.191 e. The van der Waals surface area contributed by atoms with Gasteiger partial charge in [-0.05, 0) is 25.5 Å². The van der Waals surface area contributed by atoms with Crippen molar-refractivity contribution in [1.82, 2.24) is 15.6 Å². The lowest BCUT2D eigenvalue weighted by Crippen LogP contribution is -2.40. The third-order valence-corrected chi connectivity index (χ3v) is 5.54. The summed E-state index contributed by atoms with van der Waals surface area (Å²) in [6.07, 6.45) is 2.99. The van der Waals surface area contributed by atoms with Crippen molar-refractivity contribution in [2.45, 2.75) is 43.9 Å². The van der Waals surface area contributed by atoms with Gasteiger partial charge in [0, 0.05) is 34.3 Å². The Kier molecular flexibility index (Phi) is 8.12. The molecule has 4 nitrogen and oxygen atoms in total. The number of aliphatic imine (C=N–C) groups is 1. The van der Waals surface area contributed by atoms with Gasteiger partial charge in [0.1, 0.15) is 5.01 Å². The molecule has 1 unspecified atom stereocenters. The van der Waals surface area contributed by atoms with Gasteiger partial charge >= 0.3 is 0 Å². The predicted octanol–water partition coefficient (Wildman–Crippen LogP) is 3.94. The second-order valence-electron chi connectivity index (χ2n) is 5.39. The molecular weight excluding hydrogens is 336 g/mol. The van der Waals surface area contributed by atoms with Crippen molar-refractivity contribution in [2.24, 2.45) is 4.99 Å². The molecule has 6 heteroatoms. The fourth-order valence-corrected chi connectivity index (χ4v) is 3.82. The van der Waals surface area contributed by atoms with Crippen LogP contribution >= 0.6 is 23.1 Å². The summed E-state index contributed by atoms with van der Waals surface area (Å²) in [5, 5.41) is 8.25. The van der Waals surface area contributed by atoms with Gasteiger partial charge in [-0.25, -0.2) is 9.98 Å². The number of nitrogens with one attached hydrogen (secondary N) is 2. The molecule has 130 valence electrons. The highest BCUT2D eigenvalue weighted by Crippen LogP contribution is 2.21. The Morgan fingerprint density at radius 3 is 2.71 bits per heavy atom. The molecule has 0 fully saturated rings. The molecule has 0 saturated carbocycles. The van der Waals surface area contributed by atoms with Crippen molar-refractivity contribution in [3.8, 4) is 0 Å². The topological polar surface area (TPSA) is 49.3 Å². The van der Waals surface area contributed by atoms with Crippen LogP contribution in [0.25, 0.3) is 0 Å². The van der Waals surface area contributed by atoms with Gasteiger partial charge in [-0.2, -0.15) is 0 Å². The first kappa shape index (κ1) is 18.8. The van der Waals surface area contributed by atoms with Crippen molar-refractivity contribution in [3.05, 3.63) is 46.4 Å². The first-order chi connectivity index (χ1) is 11.7. The molecular formula is C18H26N4S2. The summed E-state index contributed by atoms with van der Waals surface area (Å²) in [6, 6.07) is 10.5. The average Bonchev–Trinajstić information content (AvgIpc) is 3.06. The lowest BCUT2D eigenvalue weighted by molar-refractivity contribution is 0.794. The van der Waals surface area contributed by atoms with E-state index in [1.165, 1.54) is 9.77 Å². The first-order valence-electron chi connectivity index (χ1n) is 8.38. The molecule has 0 spiro atoms. The monoisotopic (exact) mass is 362 g/mol. The third kappa shape index (κ3) is 6.53. The highest BCUT2D eigenvalue weighted by molar-refractivity contribution is 8.00. The minimum Gasteiger partial charge on any atom is -0.357 e. The van der Waals surface area contributed by atoms with Crippen LogP contribution in [0.3, 0.4) is 0 Å².